The number of rotatable bonds is 8. The van der Waals surface area contributed by atoms with Crippen LogP contribution < -0.4 is 14.5 Å². The lowest BCUT2D eigenvalue weighted by Crippen LogP contribution is -2.14. The van der Waals surface area contributed by atoms with Gasteiger partial charge in [-0.2, -0.15) is 5.10 Å². The fourth-order valence-electron chi connectivity index (χ4n) is 2.01. The highest BCUT2D eigenvalue weighted by atomic mass is 79.9. The molecule has 0 aliphatic carbocycles. The summed E-state index contributed by atoms with van der Waals surface area (Å²) in [6.07, 6.45) is 1.15. The second kappa shape index (κ2) is 9.68. The van der Waals surface area contributed by atoms with E-state index in [4.69, 9.17) is 14.2 Å². The van der Waals surface area contributed by atoms with Crippen LogP contribution in [-0.2, 0) is 9.53 Å². The van der Waals surface area contributed by atoms with Crippen LogP contribution >= 0.6 is 15.9 Å². The van der Waals surface area contributed by atoms with Gasteiger partial charge in [0.1, 0.15) is 24.3 Å². The van der Waals surface area contributed by atoms with Gasteiger partial charge in [0, 0.05) is 5.33 Å². The molecule has 7 heteroatoms. The zero-order valence-electron chi connectivity index (χ0n) is 14.0. The number of esters is 1. The molecule has 0 unspecified atom stereocenters. The molecular weight excluding hydrogens is 388 g/mol. The van der Waals surface area contributed by atoms with Crippen LogP contribution in [0.4, 0.5) is 11.4 Å². The summed E-state index contributed by atoms with van der Waals surface area (Å²) in [6, 6.07) is 14.7. The zero-order valence-corrected chi connectivity index (χ0v) is 15.6. The number of hydrogen-bond acceptors (Lipinski definition) is 6. The molecule has 2 aromatic rings. The molecule has 132 valence electrons. The average molecular weight is 407 g/mol. The molecule has 0 heterocycles. The summed E-state index contributed by atoms with van der Waals surface area (Å²) in [5, 5.41) is 6.47. The normalized spacial score (nSPS) is 10.5. The second-order valence-corrected chi connectivity index (χ2v) is 5.60. The van der Waals surface area contributed by atoms with Crippen molar-refractivity contribution in [3.63, 3.8) is 0 Å². The van der Waals surface area contributed by atoms with E-state index < -0.39 is 5.97 Å². The topological polar surface area (TPSA) is 60.4 Å². The number of anilines is 2. The van der Waals surface area contributed by atoms with Crippen molar-refractivity contribution in [2.45, 2.75) is 0 Å². The first-order valence-electron chi connectivity index (χ1n) is 7.53. The minimum absolute atomic E-state index is 0.288. The number of carbonyl (C=O) groups is 1. The monoisotopic (exact) mass is 406 g/mol. The molecule has 2 rings (SSSR count). The molecule has 0 N–H and O–H groups in total. The fourth-order valence-corrected chi connectivity index (χ4v) is 2.17. The van der Waals surface area contributed by atoms with E-state index >= 15 is 0 Å². The molecule has 0 bridgehead atoms. The van der Waals surface area contributed by atoms with Crippen LogP contribution in [0.15, 0.2) is 53.6 Å². The van der Waals surface area contributed by atoms with E-state index in [0.29, 0.717) is 5.33 Å². The van der Waals surface area contributed by atoms with E-state index in [1.165, 1.54) is 0 Å². The molecule has 0 amide bonds. The van der Waals surface area contributed by atoms with Crippen molar-refractivity contribution in [2.24, 2.45) is 5.10 Å². The lowest BCUT2D eigenvalue weighted by Gasteiger charge is -2.19. The number of methoxy groups -OCH3 is 2. The largest absolute Gasteiger partial charge is 0.497 e. The molecule has 0 saturated heterocycles. The van der Waals surface area contributed by atoms with Gasteiger partial charge in [-0.25, -0.2) is 9.80 Å². The Morgan fingerprint density at radius 3 is 1.88 bits per heavy atom. The van der Waals surface area contributed by atoms with Crippen LogP contribution in [0.5, 0.6) is 11.5 Å². The van der Waals surface area contributed by atoms with Crippen molar-refractivity contribution < 1.29 is 19.0 Å². The summed E-state index contributed by atoms with van der Waals surface area (Å²) in [6.45, 7) is 0.288. The summed E-state index contributed by atoms with van der Waals surface area (Å²) in [5.74, 6) is 0.963. The highest BCUT2D eigenvalue weighted by Crippen LogP contribution is 2.28. The molecular formula is C18H19BrN2O4. The van der Waals surface area contributed by atoms with E-state index in [0.717, 1.165) is 29.1 Å². The Hall–Kier alpha value is -2.54. The summed E-state index contributed by atoms with van der Waals surface area (Å²) >= 11 is 3.20. The molecule has 0 atom stereocenters. The minimum Gasteiger partial charge on any atom is -0.497 e. The first-order valence-corrected chi connectivity index (χ1v) is 8.65. The van der Waals surface area contributed by atoms with Gasteiger partial charge < -0.3 is 14.2 Å². The molecule has 0 spiro atoms. The third-order valence-electron chi connectivity index (χ3n) is 3.23. The number of carbonyl (C=O) groups excluding carboxylic acids is 1. The Labute approximate surface area is 155 Å². The zero-order chi connectivity index (χ0) is 18.1. The van der Waals surface area contributed by atoms with Crippen molar-refractivity contribution >= 4 is 39.5 Å². The molecule has 0 aliphatic heterocycles. The lowest BCUT2D eigenvalue weighted by molar-refractivity contribution is -0.134. The molecule has 0 saturated carbocycles. The van der Waals surface area contributed by atoms with E-state index in [-0.39, 0.29) is 6.61 Å². The molecule has 0 fully saturated rings. The van der Waals surface area contributed by atoms with Gasteiger partial charge in [0.2, 0.25) is 0 Å². The first kappa shape index (κ1) is 18.8. The van der Waals surface area contributed by atoms with Crippen molar-refractivity contribution in [3.05, 3.63) is 48.5 Å². The van der Waals surface area contributed by atoms with Crippen LogP contribution in [0.3, 0.4) is 0 Å². The summed E-state index contributed by atoms with van der Waals surface area (Å²) in [7, 11) is 3.21. The fraction of sp³-hybridized carbons (Fsp3) is 0.222. The number of hydrazone groups is 1. The second-order valence-electron chi connectivity index (χ2n) is 4.81. The number of ether oxygens (including phenoxy) is 3. The molecule has 0 aromatic heterocycles. The van der Waals surface area contributed by atoms with Crippen molar-refractivity contribution in [3.8, 4) is 11.5 Å². The van der Waals surface area contributed by atoms with Crippen LogP contribution in [0, 0.1) is 0 Å². The smallest absolute Gasteiger partial charge is 0.351 e. The highest BCUT2D eigenvalue weighted by molar-refractivity contribution is 9.09. The van der Waals surface area contributed by atoms with E-state index in [1.807, 2.05) is 48.5 Å². The Morgan fingerprint density at radius 1 is 1.00 bits per heavy atom. The molecule has 0 radical (unpaired) electrons. The van der Waals surface area contributed by atoms with Gasteiger partial charge in [0.25, 0.3) is 0 Å². The predicted molar refractivity (Wildman–Crippen MR) is 101 cm³/mol. The van der Waals surface area contributed by atoms with Gasteiger partial charge in [-0.1, -0.05) is 15.9 Å². The molecule has 6 nitrogen and oxygen atoms in total. The maximum Gasteiger partial charge on any atom is 0.351 e. The van der Waals surface area contributed by atoms with Crippen LogP contribution in [0.25, 0.3) is 0 Å². The Kier molecular flexibility index (Phi) is 7.28. The summed E-state index contributed by atoms with van der Waals surface area (Å²) < 4.78 is 15.3. The van der Waals surface area contributed by atoms with E-state index in [9.17, 15) is 4.79 Å². The van der Waals surface area contributed by atoms with E-state index in [1.54, 1.807) is 19.2 Å². The van der Waals surface area contributed by atoms with Crippen molar-refractivity contribution in [1.29, 1.82) is 0 Å². The van der Waals surface area contributed by atoms with Crippen molar-refractivity contribution in [1.82, 2.24) is 0 Å². The Morgan fingerprint density at radius 2 is 1.48 bits per heavy atom. The number of alkyl halides is 1. The quantitative estimate of drug-likeness (QED) is 0.289. The SMILES string of the molecule is COc1ccc(N(/N=C/C(=O)OCCBr)c2ccc(OC)cc2)cc1. The summed E-state index contributed by atoms with van der Waals surface area (Å²) in [4.78, 5) is 11.7. The Bertz CT molecular complexity index is 655. The van der Waals surface area contributed by atoms with Gasteiger partial charge in [0.05, 0.1) is 25.6 Å². The highest BCUT2D eigenvalue weighted by Gasteiger charge is 2.10. The van der Waals surface area contributed by atoms with Gasteiger partial charge in [0.15, 0.2) is 0 Å². The van der Waals surface area contributed by atoms with Gasteiger partial charge in [-0.15, -0.1) is 0 Å². The maximum absolute atomic E-state index is 11.7. The third kappa shape index (κ3) is 5.49. The third-order valence-corrected chi connectivity index (χ3v) is 3.56. The average Bonchev–Trinajstić information content (AvgIpc) is 2.67. The van der Waals surface area contributed by atoms with Crippen LogP contribution in [0.1, 0.15) is 0 Å². The minimum atomic E-state index is -0.508. The number of benzene rings is 2. The Balaban J connectivity index is 2.29. The molecule has 25 heavy (non-hydrogen) atoms. The van der Waals surface area contributed by atoms with E-state index in [2.05, 4.69) is 21.0 Å². The molecule has 2 aromatic carbocycles. The molecule has 0 aliphatic rings. The van der Waals surface area contributed by atoms with Crippen molar-refractivity contribution in [2.75, 3.05) is 31.2 Å². The van der Waals surface area contributed by atoms with Crippen LogP contribution in [-0.4, -0.2) is 38.3 Å². The first-order chi connectivity index (χ1) is 12.2. The van der Waals surface area contributed by atoms with Gasteiger partial charge in [-0.05, 0) is 48.5 Å². The predicted octanol–water partition coefficient (Wildman–Crippen LogP) is 3.77. The number of halogens is 1. The number of hydrogen-bond donors (Lipinski definition) is 0. The van der Waals surface area contributed by atoms with Gasteiger partial charge >= 0.3 is 5.97 Å². The standard InChI is InChI=1S/C18H19BrN2O4/c1-23-16-7-3-14(4-8-16)21(20-13-18(22)25-12-11-19)15-5-9-17(24-2)10-6-15/h3-10,13H,11-12H2,1-2H3/b20-13+. The summed E-state index contributed by atoms with van der Waals surface area (Å²) in [5.41, 5.74) is 1.55. The van der Waals surface area contributed by atoms with Gasteiger partial charge in [-0.3, -0.25) is 0 Å². The van der Waals surface area contributed by atoms with Crippen LogP contribution in [0.2, 0.25) is 0 Å². The number of nitrogens with zero attached hydrogens (tertiary/aromatic N) is 2. The maximum atomic E-state index is 11.7. The lowest BCUT2D eigenvalue weighted by atomic mass is 10.2.